The van der Waals surface area contributed by atoms with Crippen LogP contribution in [0.3, 0.4) is 0 Å². The molecule has 0 aliphatic carbocycles. The van der Waals surface area contributed by atoms with Gasteiger partial charge in [0.15, 0.2) is 0 Å². The molecular weight excluding hydrogens is 482 g/mol. The van der Waals surface area contributed by atoms with Crippen LogP contribution >= 0.6 is 0 Å². The molecule has 7 nitrogen and oxygen atoms in total. The summed E-state index contributed by atoms with van der Waals surface area (Å²) in [6.07, 6.45) is 4.61. The van der Waals surface area contributed by atoms with Gasteiger partial charge in [-0.25, -0.2) is 4.79 Å². The molecule has 3 aromatic carbocycles. The first-order valence-electron chi connectivity index (χ1n) is 13.1. The number of nitrogens with zero attached hydrogens (tertiary/aromatic N) is 1. The number of fused-ring (bicyclic) bond motifs is 1. The Balaban J connectivity index is 1.52. The first-order valence-corrected chi connectivity index (χ1v) is 13.1. The SMILES string of the molecule is CCCCc1cc(O)c(Cn2cc(C[C@H](O)COC(=O)c3cccc(CC)c3)c3cc(O)ccc32)c(O)c1. The Morgan fingerprint density at radius 1 is 0.974 bits per heavy atom. The zero-order valence-corrected chi connectivity index (χ0v) is 21.9. The average Bonchev–Trinajstić information content (AvgIpc) is 3.23. The van der Waals surface area contributed by atoms with Gasteiger partial charge >= 0.3 is 5.97 Å². The summed E-state index contributed by atoms with van der Waals surface area (Å²) in [6.45, 7) is 4.12. The van der Waals surface area contributed by atoms with Crippen LogP contribution < -0.4 is 0 Å². The molecule has 1 atom stereocenters. The highest BCUT2D eigenvalue weighted by molar-refractivity contribution is 5.89. The molecule has 4 N–H and O–H groups in total. The van der Waals surface area contributed by atoms with Crippen molar-refractivity contribution < 1.29 is 30.0 Å². The molecule has 38 heavy (non-hydrogen) atoms. The quantitative estimate of drug-likeness (QED) is 0.196. The van der Waals surface area contributed by atoms with Crippen molar-refractivity contribution in [3.63, 3.8) is 0 Å². The molecule has 0 bridgehead atoms. The number of phenolic OH excluding ortho intramolecular Hbond substituents is 3. The van der Waals surface area contributed by atoms with E-state index < -0.39 is 12.1 Å². The predicted octanol–water partition coefficient (Wildman–Crippen LogP) is 5.47. The summed E-state index contributed by atoms with van der Waals surface area (Å²) in [7, 11) is 0. The minimum absolute atomic E-state index is 0.0253. The van der Waals surface area contributed by atoms with Gasteiger partial charge in [-0.1, -0.05) is 32.4 Å². The first kappa shape index (κ1) is 27.1. The van der Waals surface area contributed by atoms with Gasteiger partial charge in [-0.05, 0) is 78.4 Å². The number of carbonyl (C=O) groups excluding carboxylic acids is 1. The molecule has 0 saturated carbocycles. The van der Waals surface area contributed by atoms with Crippen molar-refractivity contribution in [2.24, 2.45) is 0 Å². The molecule has 0 saturated heterocycles. The molecule has 0 aliphatic heterocycles. The molecule has 1 aromatic heterocycles. The van der Waals surface area contributed by atoms with Gasteiger partial charge in [0.25, 0.3) is 0 Å². The number of aromatic hydroxyl groups is 3. The molecule has 0 spiro atoms. The number of ether oxygens (including phenoxy) is 1. The Hall–Kier alpha value is -3.97. The normalized spacial score (nSPS) is 12.1. The van der Waals surface area contributed by atoms with E-state index in [1.54, 1.807) is 42.5 Å². The van der Waals surface area contributed by atoms with E-state index in [1.165, 1.54) is 0 Å². The average molecular weight is 518 g/mol. The Bertz CT molecular complexity index is 1400. The maximum absolute atomic E-state index is 12.5. The molecule has 1 heterocycles. The summed E-state index contributed by atoms with van der Waals surface area (Å²) in [6, 6.07) is 15.5. The molecule has 4 rings (SSSR count). The standard InChI is InChI=1S/C31H35NO6/c1-3-5-7-21-13-29(35)27(30(36)14-21)18-32-17-23(26-16-24(33)10-11-28(26)32)15-25(34)19-38-31(37)22-9-6-8-20(4-2)12-22/h6,8-14,16-17,25,33-36H,3-5,7,15,18-19H2,1-2H3/t25-/m0/s1. The predicted molar refractivity (Wildman–Crippen MR) is 147 cm³/mol. The number of hydrogen-bond acceptors (Lipinski definition) is 6. The third-order valence-corrected chi connectivity index (χ3v) is 6.79. The van der Waals surface area contributed by atoms with Crippen molar-refractivity contribution in [2.45, 2.75) is 58.6 Å². The van der Waals surface area contributed by atoms with Crippen LogP contribution in [0, 0.1) is 0 Å². The number of unbranched alkanes of at least 4 members (excludes halogenated alkanes) is 1. The van der Waals surface area contributed by atoms with Gasteiger partial charge in [-0.15, -0.1) is 0 Å². The van der Waals surface area contributed by atoms with Gasteiger partial charge in [-0.2, -0.15) is 0 Å². The number of aliphatic hydroxyl groups is 1. The number of carbonyl (C=O) groups is 1. The molecule has 0 aliphatic rings. The summed E-state index contributed by atoms with van der Waals surface area (Å²) < 4.78 is 7.22. The van der Waals surface area contributed by atoms with Gasteiger partial charge in [0.05, 0.1) is 23.8 Å². The second kappa shape index (κ2) is 12.0. The number of rotatable bonds is 11. The fourth-order valence-corrected chi connectivity index (χ4v) is 4.69. The zero-order chi connectivity index (χ0) is 27.2. The highest BCUT2D eigenvalue weighted by Crippen LogP contribution is 2.33. The van der Waals surface area contributed by atoms with E-state index >= 15 is 0 Å². The van der Waals surface area contributed by atoms with Gasteiger partial charge in [-0.3, -0.25) is 0 Å². The van der Waals surface area contributed by atoms with Gasteiger partial charge in [0.2, 0.25) is 0 Å². The number of benzene rings is 3. The van der Waals surface area contributed by atoms with Gasteiger partial charge in [0, 0.05) is 23.5 Å². The topological polar surface area (TPSA) is 112 Å². The number of hydrogen-bond donors (Lipinski definition) is 4. The fourth-order valence-electron chi connectivity index (χ4n) is 4.69. The Morgan fingerprint density at radius 3 is 2.45 bits per heavy atom. The monoisotopic (exact) mass is 517 g/mol. The molecule has 0 unspecified atom stereocenters. The summed E-state index contributed by atoms with van der Waals surface area (Å²) in [5.74, 6) is -0.360. The van der Waals surface area contributed by atoms with Crippen LogP contribution in [0.1, 0.15) is 59.3 Å². The maximum Gasteiger partial charge on any atom is 0.338 e. The van der Waals surface area contributed by atoms with Crippen molar-refractivity contribution in [1.82, 2.24) is 4.57 Å². The lowest BCUT2D eigenvalue weighted by Crippen LogP contribution is -2.21. The lowest BCUT2D eigenvalue weighted by molar-refractivity contribution is 0.0259. The van der Waals surface area contributed by atoms with Crippen LogP contribution in [0.2, 0.25) is 0 Å². The van der Waals surface area contributed by atoms with E-state index in [2.05, 4.69) is 6.92 Å². The van der Waals surface area contributed by atoms with Crippen LogP contribution in [0.5, 0.6) is 17.2 Å². The lowest BCUT2D eigenvalue weighted by Gasteiger charge is -2.12. The lowest BCUT2D eigenvalue weighted by atomic mass is 10.0. The highest BCUT2D eigenvalue weighted by atomic mass is 16.5. The largest absolute Gasteiger partial charge is 0.508 e. The third-order valence-electron chi connectivity index (χ3n) is 6.79. The molecular formula is C31H35NO6. The second-order valence-electron chi connectivity index (χ2n) is 9.71. The van der Waals surface area contributed by atoms with Crippen molar-refractivity contribution in [3.05, 3.63) is 88.6 Å². The van der Waals surface area contributed by atoms with Crippen molar-refractivity contribution in [2.75, 3.05) is 6.61 Å². The minimum atomic E-state index is -0.964. The van der Waals surface area contributed by atoms with E-state index in [9.17, 15) is 25.2 Å². The third kappa shape index (κ3) is 6.29. The summed E-state index contributed by atoms with van der Waals surface area (Å²) in [5.41, 5.74) is 4.26. The Labute approximate surface area is 222 Å². The number of esters is 1. The molecule has 0 radical (unpaired) electrons. The van der Waals surface area contributed by atoms with E-state index in [-0.39, 0.29) is 36.8 Å². The van der Waals surface area contributed by atoms with Crippen LogP contribution in [0.25, 0.3) is 10.9 Å². The van der Waals surface area contributed by atoms with E-state index in [1.807, 2.05) is 29.8 Å². The summed E-state index contributed by atoms with van der Waals surface area (Å²) in [5, 5.41) is 42.8. The van der Waals surface area contributed by atoms with Crippen LogP contribution in [-0.2, 0) is 30.5 Å². The zero-order valence-electron chi connectivity index (χ0n) is 21.9. The number of phenols is 3. The molecule has 7 heteroatoms. The number of aliphatic hydroxyl groups excluding tert-OH is 1. The molecule has 0 amide bonds. The van der Waals surface area contributed by atoms with Crippen molar-refractivity contribution in [3.8, 4) is 17.2 Å². The Morgan fingerprint density at radius 2 is 1.74 bits per heavy atom. The van der Waals surface area contributed by atoms with Gasteiger partial charge in [0.1, 0.15) is 23.9 Å². The van der Waals surface area contributed by atoms with Gasteiger partial charge < -0.3 is 29.7 Å². The van der Waals surface area contributed by atoms with Crippen LogP contribution in [0.15, 0.2) is 60.8 Å². The number of aromatic nitrogens is 1. The van der Waals surface area contributed by atoms with E-state index in [0.29, 0.717) is 11.1 Å². The summed E-state index contributed by atoms with van der Waals surface area (Å²) >= 11 is 0. The minimum Gasteiger partial charge on any atom is -0.508 e. The fraction of sp³-hybridized carbons (Fsp3) is 0.323. The molecule has 200 valence electrons. The smallest absolute Gasteiger partial charge is 0.338 e. The molecule has 4 aromatic rings. The highest BCUT2D eigenvalue weighted by Gasteiger charge is 2.18. The van der Waals surface area contributed by atoms with Crippen LogP contribution in [-0.4, -0.2) is 43.7 Å². The van der Waals surface area contributed by atoms with E-state index in [4.69, 9.17) is 4.74 Å². The number of aryl methyl sites for hydroxylation is 2. The van der Waals surface area contributed by atoms with E-state index in [0.717, 1.165) is 53.3 Å². The van der Waals surface area contributed by atoms with Crippen molar-refractivity contribution >= 4 is 16.9 Å². The van der Waals surface area contributed by atoms with Crippen molar-refractivity contribution in [1.29, 1.82) is 0 Å². The maximum atomic E-state index is 12.5. The first-order chi connectivity index (χ1) is 18.3. The Kier molecular flexibility index (Phi) is 8.59. The second-order valence-corrected chi connectivity index (χ2v) is 9.71. The van der Waals surface area contributed by atoms with Crippen LogP contribution in [0.4, 0.5) is 0 Å². The summed E-state index contributed by atoms with van der Waals surface area (Å²) in [4.78, 5) is 12.5. The molecule has 0 fully saturated rings.